The number of nitro benzene ring substituents is 1. The Morgan fingerprint density at radius 1 is 1.33 bits per heavy atom. The lowest BCUT2D eigenvalue weighted by Gasteiger charge is -2.03. The fourth-order valence-corrected chi connectivity index (χ4v) is 1.98. The number of hydrogen-bond acceptors (Lipinski definition) is 3. The number of non-ortho nitro benzene ring substituents is 1. The van der Waals surface area contributed by atoms with Crippen molar-refractivity contribution >= 4 is 22.3 Å². The minimum Gasteiger partial charge on any atom is -0.261 e. The zero-order chi connectivity index (χ0) is 13.9. The molecule has 0 aliphatic heterocycles. The number of halogens is 3. The number of hydrogen-bond donors (Lipinski definition) is 0. The van der Waals surface area contributed by atoms with E-state index in [-0.39, 0.29) is 5.69 Å². The van der Waals surface area contributed by atoms with E-state index in [0.717, 1.165) is 12.1 Å². The van der Waals surface area contributed by atoms with E-state index in [2.05, 4.69) is 4.36 Å². The summed E-state index contributed by atoms with van der Waals surface area (Å²) in [7, 11) is -1.30. The summed E-state index contributed by atoms with van der Waals surface area (Å²) in [6.45, 7) is 0. The van der Waals surface area contributed by atoms with Crippen LogP contribution in [0, 0.1) is 10.1 Å². The molecule has 5 nitrogen and oxygen atoms in total. The van der Waals surface area contributed by atoms with Gasteiger partial charge in [-0.25, -0.2) is 0 Å². The van der Waals surface area contributed by atoms with Crippen molar-refractivity contribution in [2.75, 3.05) is 6.26 Å². The van der Waals surface area contributed by atoms with Gasteiger partial charge in [-0.2, -0.15) is 17.5 Å². The van der Waals surface area contributed by atoms with Crippen LogP contribution in [0.1, 0.15) is 0 Å². The quantitative estimate of drug-likeness (QED) is 0.617. The van der Waals surface area contributed by atoms with E-state index >= 15 is 0 Å². The molecule has 18 heavy (non-hydrogen) atoms. The fraction of sp³-hybridized carbons (Fsp3) is 0.222. The van der Waals surface area contributed by atoms with Crippen LogP contribution in [0.5, 0.6) is 0 Å². The van der Waals surface area contributed by atoms with Gasteiger partial charge in [0.1, 0.15) is 0 Å². The second-order valence-electron chi connectivity index (χ2n) is 3.12. The average molecular weight is 280 g/mol. The lowest BCUT2D eigenvalue weighted by atomic mass is 10.3. The van der Waals surface area contributed by atoms with Crippen molar-refractivity contribution in [3.8, 4) is 0 Å². The standard InChI is InChI=1S/C9H7F3N2O3S/c1-18(13-8(15)9(10,11)12)7-4-2-6(3-5-7)14(16)17/h2-5H,1H3. The van der Waals surface area contributed by atoms with E-state index in [1.807, 2.05) is 0 Å². The van der Waals surface area contributed by atoms with Gasteiger partial charge in [-0.1, -0.05) is 10.7 Å². The molecule has 0 aliphatic rings. The molecule has 0 N–H and O–H groups in total. The molecule has 0 aliphatic carbocycles. The zero-order valence-corrected chi connectivity index (χ0v) is 9.79. The number of benzene rings is 1. The van der Waals surface area contributed by atoms with Crippen molar-refractivity contribution < 1.29 is 22.9 Å². The highest BCUT2D eigenvalue weighted by atomic mass is 32.2. The van der Waals surface area contributed by atoms with E-state index in [1.54, 1.807) is 0 Å². The molecule has 0 fully saturated rings. The Morgan fingerprint density at radius 2 is 1.83 bits per heavy atom. The largest absolute Gasteiger partial charge is 0.474 e. The molecule has 1 unspecified atom stereocenters. The van der Waals surface area contributed by atoms with Gasteiger partial charge in [0, 0.05) is 17.0 Å². The monoisotopic (exact) mass is 280 g/mol. The molecule has 0 aromatic heterocycles. The Bertz CT molecular complexity index is 511. The molecular weight excluding hydrogens is 273 g/mol. The fourth-order valence-electron chi connectivity index (χ4n) is 0.994. The first-order valence-electron chi connectivity index (χ1n) is 4.45. The lowest BCUT2D eigenvalue weighted by Crippen LogP contribution is -2.20. The van der Waals surface area contributed by atoms with Gasteiger partial charge in [-0.15, -0.1) is 0 Å². The third-order valence-corrected chi connectivity index (χ3v) is 3.25. The molecule has 0 bridgehead atoms. The van der Waals surface area contributed by atoms with Crippen molar-refractivity contribution in [1.29, 1.82) is 0 Å². The number of nitrogens with zero attached hydrogens (tertiary/aromatic N) is 2. The van der Waals surface area contributed by atoms with E-state index in [0.29, 0.717) is 4.90 Å². The Morgan fingerprint density at radius 3 is 2.22 bits per heavy atom. The molecule has 1 aromatic rings. The molecule has 1 amide bonds. The normalized spacial score (nSPS) is 13.3. The predicted molar refractivity (Wildman–Crippen MR) is 58.1 cm³/mol. The Labute approximate surface area is 102 Å². The summed E-state index contributed by atoms with van der Waals surface area (Å²) in [6, 6.07) is 4.83. The molecule has 9 heteroatoms. The molecule has 1 rings (SSSR count). The van der Waals surface area contributed by atoms with Gasteiger partial charge >= 0.3 is 12.1 Å². The summed E-state index contributed by atoms with van der Waals surface area (Å²) in [6.07, 6.45) is -3.67. The van der Waals surface area contributed by atoms with Crippen molar-refractivity contribution in [3.63, 3.8) is 0 Å². The minimum atomic E-state index is -5.00. The maximum Gasteiger partial charge on any atom is 0.474 e. The van der Waals surface area contributed by atoms with Gasteiger partial charge in [-0.3, -0.25) is 14.9 Å². The third-order valence-electron chi connectivity index (χ3n) is 1.85. The van der Waals surface area contributed by atoms with Crippen LogP contribution in [-0.2, 0) is 15.5 Å². The first-order chi connectivity index (χ1) is 8.21. The summed E-state index contributed by atoms with van der Waals surface area (Å²) in [4.78, 5) is 20.7. The second kappa shape index (κ2) is 5.25. The summed E-state index contributed by atoms with van der Waals surface area (Å²) < 4.78 is 38.9. The Kier molecular flexibility index (Phi) is 4.17. The molecule has 0 spiro atoms. The van der Waals surface area contributed by atoms with Gasteiger partial charge in [0.15, 0.2) is 0 Å². The topological polar surface area (TPSA) is 72.6 Å². The van der Waals surface area contributed by atoms with Crippen LogP contribution >= 0.6 is 0 Å². The van der Waals surface area contributed by atoms with Crippen LogP contribution in [0.4, 0.5) is 18.9 Å². The third kappa shape index (κ3) is 3.62. The van der Waals surface area contributed by atoms with E-state index in [9.17, 15) is 28.1 Å². The molecule has 98 valence electrons. The Balaban J connectivity index is 2.98. The first kappa shape index (κ1) is 14.3. The van der Waals surface area contributed by atoms with Crippen LogP contribution < -0.4 is 0 Å². The van der Waals surface area contributed by atoms with Crippen molar-refractivity contribution in [3.05, 3.63) is 34.4 Å². The van der Waals surface area contributed by atoms with Gasteiger partial charge in [0.2, 0.25) is 0 Å². The number of alkyl halides is 3. The number of carbonyl (C=O) groups is 1. The molecule has 0 saturated heterocycles. The van der Waals surface area contributed by atoms with Crippen molar-refractivity contribution in [1.82, 2.24) is 0 Å². The van der Waals surface area contributed by atoms with Gasteiger partial charge < -0.3 is 0 Å². The van der Waals surface area contributed by atoms with Crippen LogP contribution in [-0.4, -0.2) is 23.3 Å². The highest BCUT2D eigenvalue weighted by molar-refractivity contribution is 7.87. The van der Waals surface area contributed by atoms with Crippen molar-refractivity contribution in [2.24, 2.45) is 4.36 Å². The molecule has 1 atom stereocenters. The van der Waals surface area contributed by atoms with E-state index < -0.39 is 27.7 Å². The van der Waals surface area contributed by atoms with E-state index in [1.165, 1.54) is 18.4 Å². The zero-order valence-electron chi connectivity index (χ0n) is 8.97. The van der Waals surface area contributed by atoms with Crippen LogP contribution in [0.2, 0.25) is 0 Å². The van der Waals surface area contributed by atoms with Crippen LogP contribution in [0.25, 0.3) is 0 Å². The lowest BCUT2D eigenvalue weighted by molar-refractivity contribution is -0.384. The smallest absolute Gasteiger partial charge is 0.261 e. The molecule has 0 heterocycles. The first-order valence-corrected chi connectivity index (χ1v) is 6.04. The predicted octanol–water partition coefficient (Wildman–Crippen LogP) is 2.47. The van der Waals surface area contributed by atoms with Crippen molar-refractivity contribution in [2.45, 2.75) is 11.1 Å². The molecule has 1 aromatic carbocycles. The minimum absolute atomic E-state index is 0.183. The van der Waals surface area contributed by atoms with Gasteiger partial charge in [0.05, 0.1) is 4.92 Å². The number of amides is 1. The van der Waals surface area contributed by atoms with Gasteiger partial charge in [0.25, 0.3) is 5.69 Å². The van der Waals surface area contributed by atoms with E-state index in [4.69, 9.17) is 0 Å². The van der Waals surface area contributed by atoms with Crippen LogP contribution in [0.3, 0.4) is 0 Å². The highest BCUT2D eigenvalue weighted by Crippen LogP contribution is 2.19. The Hall–Kier alpha value is -1.77. The SMILES string of the molecule is CS(=NC(=O)C(F)(F)F)c1ccc([N+](=O)[O-])cc1. The summed E-state index contributed by atoms with van der Waals surface area (Å²) in [5.74, 6) is -2.16. The highest BCUT2D eigenvalue weighted by Gasteiger charge is 2.38. The molecule has 0 saturated carbocycles. The summed E-state index contributed by atoms with van der Waals surface area (Å²) in [5, 5.41) is 10.4. The van der Waals surface area contributed by atoms with Gasteiger partial charge in [-0.05, 0) is 18.4 Å². The average Bonchev–Trinajstić information content (AvgIpc) is 2.27. The number of carbonyl (C=O) groups excluding carboxylic acids is 1. The maximum atomic E-state index is 12.0. The summed E-state index contributed by atoms with van der Waals surface area (Å²) in [5.41, 5.74) is -0.183. The summed E-state index contributed by atoms with van der Waals surface area (Å²) >= 11 is 0. The number of rotatable bonds is 2. The second-order valence-corrected chi connectivity index (χ2v) is 4.73. The molecule has 0 radical (unpaired) electrons. The molecular formula is C9H7F3N2O3S. The number of nitro groups is 1. The van der Waals surface area contributed by atoms with Crippen LogP contribution in [0.15, 0.2) is 33.5 Å². The maximum absolute atomic E-state index is 12.0.